The largest absolute Gasteiger partial charge is 0.323 e. The lowest BCUT2D eigenvalue weighted by Crippen LogP contribution is -2.06. The first kappa shape index (κ1) is 11.6. The van der Waals surface area contributed by atoms with Crippen LogP contribution in [0, 0.1) is 0 Å². The van der Waals surface area contributed by atoms with Crippen LogP contribution in [0.4, 0.5) is 0 Å². The maximum atomic E-state index is 5.88. The average Bonchev–Trinajstić information content (AvgIpc) is 2.50. The van der Waals surface area contributed by atoms with E-state index in [4.69, 9.17) is 5.73 Å². The minimum Gasteiger partial charge on any atom is -0.323 e. The first-order valence-corrected chi connectivity index (χ1v) is 6.48. The molecule has 0 radical (unpaired) electrons. The third-order valence-electron chi connectivity index (χ3n) is 3.67. The lowest BCUT2D eigenvalue weighted by atomic mass is 9.96. The molecule has 1 saturated carbocycles. The number of hydrogen-bond acceptors (Lipinski definition) is 2. The van der Waals surface area contributed by atoms with Crippen molar-refractivity contribution in [1.29, 1.82) is 0 Å². The molecule has 1 aromatic rings. The van der Waals surface area contributed by atoms with Gasteiger partial charge in [0.25, 0.3) is 0 Å². The summed E-state index contributed by atoms with van der Waals surface area (Å²) in [5, 5.41) is 4.51. The standard InChI is InChI=1S/C13H23N3/c1-10(14)12-9-13(16(2)15-12)11-7-5-3-4-6-8-11/h9-11H,3-8,14H2,1-2H3. The van der Waals surface area contributed by atoms with Crippen LogP contribution in [0.25, 0.3) is 0 Å². The lowest BCUT2D eigenvalue weighted by molar-refractivity contribution is 0.539. The van der Waals surface area contributed by atoms with Crippen LogP contribution in [0.3, 0.4) is 0 Å². The second kappa shape index (κ2) is 5.00. The first-order valence-electron chi connectivity index (χ1n) is 6.48. The molecule has 1 aliphatic carbocycles. The van der Waals surface area contributed by atoms with Crippen LogP contribution in [-0.4, -0.2) is 9.78 Å². The number of nitrogens with zero attached hydrogens (tertiary/aromatic N) is 2. The van der Waals surface area contributed by atoms with Crippen molar-refractivity contribution < 1.29 is 0 Å². The van der Waals surface area contributed by atoms with Crippen molar-refractivity contribution in [3.8, 4) is 0 Å². The van der Waals surface area contributed by atoms with E-state index in [2.05, 4.69) is 11.2 Å². The fourth-order valence-electron chi connectivity index (χ4n) is 2.68. The summed E-state index contributed by atoms with van der Waals surface area (Å²) >= 11 is 0. The predicted octanol–water partition coefficient (Wildman–Crippen LogP) is 2.88. The van der Waals surface area contributed by atoms with Gasteiger partial charge in [-0.15, -0.1) is 0 Å². The SMILES string of the molecule is CC(N)c1cc(C2CCCCCC2)n(C)n1. The molecule has 0 aromatic carbocycles. The van der Waals surface area contributed by atoms with E-state index in [9.17, 15) is 0 Å². The second-order valence-corrected chi connectivity index (χ2v) is 5.09. The van der Waals surface area contributed by atoms with Crippen LogP contribution in [-0.2, 0) is 7.05 Å². The summed E-state index contributed by atoms with van der Waals surface area (Å²) in [5.74, 6) is 0.701. The Hall–Kier alpha value is -0.830. The first-order chi connectivity index (χ1) is 7.68. The van der Waals surface area contributed by atoms with Gasteiger partial charge in [-0.3, -0.25) is 4.68 Å². The zero-order valence-electron chi connectivity index (χ0n) is 10.4. The molecule has 1 atom stereocenters. The van der Waals surface area contributed by atoms with Gasteiger partial charge in [0.1, 0.15) is 0 Å². The Bertz CT molecular complexity index is 333. The number of nitrogens with two attached hydrogens (primary N) is 1. The van der Waals surface area contributed by atoms with Crippen molar-refractivity contribution in [3.63, 3.8) is 0 Å². The minimum absolute atomic E-state index is 0.0470. The maximum absolute atomic E-state index is 5.88. The number of aromatic nitrogens is 2. The third-order valence-corrected chi connectivity index (χ3v) is 3.67. The fraction of sp³-hybridized carbons (Fsp3) is 0.769. The highest BCUT2D eigenvalue weighted by Gasteiger charge is 2.19. The molecule has 0 saturated heterocycles. The van der Waals surface area contributed by atoms with Gasteiger partial charge in [-0.1, -0.05) is 25.7 Å². The molecule has 0 aliphatic heterocycles. The van der Waals surface area contributed by atoms with Crippen LogP contribution in [0.15, 0.2) is 6.07 Å². The monoisotopic (exact) mass is 221 g/mol. The Labute approximate surface area is 98.0 Å². The summed E-state index contributed by atoms with van der Waals surface area (Å²) in [6, 6.07) is 2.26. The third kappa shape index (κ3) is 2.46. The van der Waals surface area contributed by atoms with E-state index in [0.717, 1.165) is 5.69 Å². The van der Waals surface area contributed by atoms with Crippen molar-refractivity contribution in [3.05, 3.63) is 17.5 Å². The second-order valence-electron chi connectivity index (χ2n) is 5.09. The van der Waals surface area contributed by atoms with Crippen LogP contribution in [0.5, 0.6) is 0 Å². The molecule has 3 nitrogen and oxygen atoms in total. The molecule has 1 unspecified atom stereocenters. The quantitative estimate of drug-likeness (QED) is 0.780. The Morgan fingerprint density at radius 1 is 1.31 bits per heavy atom. The van der Waals surface area contributed by atoms with Crippen molar-refractivity contribution in [1.82, 2.24) is 9.78 Å². The molecule has 2 N–H and O–H groups in total. The molecule has 2 rings (SSSR count). The van der Waals surface area contributed by atoms with E-state index in [1.807, 2.05) is 18.7 Å². The topological polar surface area (TPSA) is 43.8 Å². The average molecular weight is 221 g/mol. The van der Waals surface area contributed by atoms with Crippen LogP contribution < -0.4 is 5.73 Å². The van der Waals surface area contributed by atoms with Gasteiger partial charge in [0.05, 0.1) is 5.69 Å². The van der Waals surface area contributed by atoms with Gasteiger partial charge >= 0.3 is 0 Å². The number of aryl methyl sites for hydroxylation is 1. The zero-order valence-corrected chi connectivity index (χ0v) is 10.4. The highest BCUT2D eigenvalue weighted by molar-refractivity contribution is 5.17. The number of rotatable bonds is 2. The summed E-state index contributed by atoms with van der Waals surface area (Å²) in [7, 11) is 2.05. The molecule has 1 aliphatic rings. The Morgan fingerprint density at radius 2 is 1.94 bits per heavy atom. The molecule has 90 valence electrons. The molecule has 1 aromatic heterocycles. The van der Waals surface area contributed by atoms with Crippen molar-refractivity contribution in [2.45, 2.75) is 57.4 Å². The van der Waals surface area contributed by atoms with Gasteiger partial charge in [-0.05, 0) is 25.8 Å². The molecule has 3 heteroatoms. The molecule has 0 amide bonds. The van der Waals surface area contributed by atoms with Gasteiger partial charge in [-0.2, -0.15) is 5.10 Å². The Kier molecular flexibility index (Phi) is 3.64. The highest BCUT2D eigenvalue weighted by Crippen LogP contribution is 2.32. The van der Waals surface area contributed by atoms with Crippen molar-refractivity contribution in [2.75, 3.05) is 0 Å². The van der Waals surface area contributed by atoms with Gasteiger partial charge in [0.15, 0.2) is 0 Å². The van der Waals surface area contributed by atoms with Crippen molar-refractivity contribution in [2.24, 2.45) is 12.8 Å². The smallest absolute Gasteiger partial charge is 0.0791 e. The summed E-state index contributed by atoms with van der Waals surface area (Å²) < 4.78 is 2.04. The van der Waals surface area contributed by atoms with Gasteiger partial charge < -0.3 is 5.73 Å². The Morgan fingerprint density at radius 3 is 2.44 bits per heavy atom. The molecule has 0 bridgehead atoms. The fourth-order valence-corrected chi connectivity index (χ4v) is 2.68. The molecule has 16 heavy (non-hydrogen) atoms. The van der Waals surface area contributed by atoms with Crippen LogP contribution in [0.1, 0.15) is 68.8 Å². The van der Waals surface area contributed by atoms with Gasteiger partial charge in [-0.25, -0.2) is 0 Å². The number of hydrogen-bond donors (Lipinski definition) is 1. The van der Waals surface area contributed by atoms with Crippen LogP contribution in [0.2, 0.25) is 0 Å². The molecular weight excluding hydrogens is 198 g/mol. The predicted molar refractivity (Wildman–Crippen MR) is 66.3 cm³/mol. The van der Waals surface area contributed by atoms with Crippen LogP contribution >= 0.6 is 0 Å². The van der Waals surface area contributed by atoms with Gasteiger partial charge in [0, 0.05) is 24.7 Å². The summed E-state index contributed by atoms with van der Waals surface area (Å²) in [6.07, 6.45) is 8.16. The Balaban J connectivity index is 2.17. The van der Waals surface area contributed by atoms with Crippen molar-refractivity contribution >= 4 is 0 Å². The van der Waals surface area contributed by atoms with E-state index < -0.39 is 0 Å². The summed E-state index contributed by atoms with van der Waals surface area (Å²) in [4.78, 5) is 0. The molecule has 0 spiro atoms. The highest BCUT2D eigenvalue weighted by atomic mass is 15.3. The maximum Gasteiger partial charge on any atom is 0.0791 e. The normalized spacial score (nSPS) is 20.7. The van der Waals surface area contributed by atoms with E-state index in [-0.39, 0.29) is 6.04 Å². The van der Waals surface area contributed by atoms with Gasteiger partial charge in [0.2, 0.25) is 0 Å². The van der Waals surface area contributed by atoms with E-state index in [1.165, 1.54) is 44.2 Å². The lowest BCUT2D eigenvalue weighted by Gasteiger charge is -2.13. The van der Waals surface area contributed by atoms with E-state index in [0.29, 0.717) is 5.92 Å². The minimum atomic E-state index is 0.0470. The zero-order chi connectivity index (χ0) is 11.5. The van der Waals surface area contributed by atoms with E-state index >= 15 is 0 Å². The summed E-state index contributed by atoms with van der Waals surface area (Å²) in [6.45, 7) is 2.00. The van der Waals surface area contributed by atoms with E-state index in [1.54, 1.807) is 0 Å². The summed E-state index contributed by atoms with van der Waals surface area (Å²) in [5.41, 5.74) is 8.29. The molecule has 1 fully saturated rings. The molecular formula is C13H23N3. The molecule has 1 heterocycles.